The minimum absolute atomic E-state index is 0.313. The minimum Gasteiger partial charge on any atom is -0.508 e. The van der Waals surface area contributed by atoms with Crippen LogP contribution in [0.15, 0.2) is 36.9 Å². The number of phenols is 1. The summed E-state index contributed by atoms with van der Waals surface area (Å²) in [4.78, 5) is 0. The molecule has 0 atom stereocenters. The van der Waals surface area contributed by atoms with Crippen LogP contribution in [0.5, 0.6) is 5.75 Å². The quantitative estimate of drug-likeness (QED) is 0.530. The first kappa shape index (κ1) is 13.6. The van der Waals surface area contributed by atoms with Crippen LogP contribution in [0.4, 0.5) is 0 Å². The summed E-state index contributed by atoms with van der Waals surface area (Å²) in [7, 11) is -4.67. The summed E-state index contributed by atoms with van der Waals surface area (Å²) in [6.45, 7) is 3.62. The maximum Gasteiger partial charge on any atom is 0.394 e. The first-order valence-corrected chi connectivity index (χ1v) is 5.31. The molecule has 1 aromatic carbocycles. The van der Waals surface area contributed by atoms with Crippen molar-refractivity contribution in [3.05, 3.63) is 42.5 Å². The van der Waals surface area contributed by atoms with Crippen LogP contribution in [0.3, 0.4) is 0 Å². The van der Waals surface area contributed by atoms with Gasteiger partial charge in [0.05, 0.1) is 0 Å². The van der Waals surface area contributed by atoms with Crippen molar-refractivity contribution in [1.82, 2.24) is 0 Å². The fourth-order valence-electron chi connectivity index (χ4n) is 0.799. The van der Waals surface area contributed by atoms with E-state index in [-0.39, 0.29) is 0 Å². The van der Waals surface area contributed by atoms with Crippen LogP contribution in [0.25, 0.3) is 0 Å². The average Bonchev–Trinajstić information content (AvgIpc) is 2.06. The number of phenolic OH excluding ortho intramolecular Hbond substituents is 1. The Hall–Kier alpha value is -1.37. The zero-order chi connectivity index (χ0) is 11.9. The van der Waals surface area contributed by atoms with Crippen LogP contribution in [0.1, 0.15) is 5.56 Å². The molecule has 5 nitrogen and oxygen atoms in total. The Bertz CT molecular complexity index is 385. The molecule has 0 aliphatic carbocycles. The Morgan fingerprint density at radius 3 is 1.93 bits per heavy atom. The topological polar surface area (TPSA) is 94.8 Å². The summed E-state index contributed by atoms with van der Waals surface area (Å²) in [6, 6.07) is 7.13. The van der Waals surface area contributed by atoms with Gasteiger partial charge in [0.15, 0.2) is 0 Å². The number of allylic oxidation sites excluding steroid dienone is 1. The van der Waals surface area contributed by atoms with E-state index in [0.717, 1.165) is 6.42 Å². The molecule has 0 saturated heterocycles. The van der Waals surface area contributed by atoms with E-state index in [1.807, 2.05) is 18.2 Å². The standard InChI is InChI=1S/C9H10O.H2O4S/c1-2-3-8-4-6-9(10)7-5-8;1-5(2,3)4/h2,4-7,10H,1,3H2;(H2,1,2,3,4). The molecule has 0 aliphatic rings. The fourth-order valence-corrected chi connectivity index (χ4v) is 0.799. The van der Waals surface area contributed by atoms with E-state index in [1.54, 1.807) is 12.1 Å². The Balaban J connectivity index is 0.000000336. The smallest absolute Gasteiger partial charge is 0.394 e. The maximum atomic E-state index is 8.90. The third-order valence-electron chi connectivity index (χ3n) is 1.32. The molecule has 0 fully saturated rings. The monoisotopic (exact) mass is 232 g/mol. The second-order valence-corrected chi connectivity index (χ2v) is 3.50. The highest BCUT2D eigenvalue weighted by molar-refractivity contribution is 7.79. The molecule has 15 heavy (non-hydrogen) atoms. The average molecular weight is 232 g/mol. The number of benzene rings is 1. The van der Waals surface area contributed by atoms with Crippen molar-refractivity contribution in [3.63, 3.8) is 0 Å². The molecule has 0 bridgehead atoms. The lowest BCUT2D eigenvalue weighted by Crippen LogP contribution is -1.89. The molecule has 0 unspecified atom stereocenters. The lowest BCUT2D eigenvalue weighted by Gasteiger charge is -1.94. The van der Waals surface area contributed by atoms with Gasteiger partial charge in [0, 0.05) is 0 Å². The summed E-state index contributed by atoms with van der Waals surface area (Å²) >= 11 is 0. The molecule has 0 saturated carbocycles. The molecule has 0 radical (unpaired) electrons. The molecular weight excluding hydrogens is 220 g/mol. The highest BCUT2D eigenvalue weighted by Crippen LogP contribution is 2.09. The van der Waals surface area contributed by atoms with Crippen LogP contribution in [-0.4, -0.2) is 22.6 Å². The summed E-state index contributed by atoms with van der Waals surface area (Å²) in [5.41, 5.74) is 1.17. The molecule has 6 heteroatoms. The molecule has 0 aliphatic heterocycles. The normalized spacial score (nSPS) is 10.0. The Kier molecular flexibility index (Phi) is 5.61. The van der Waals surface area contributed by atoms with Gasteiger partial charge in [-0.1, -0.05) is 18.2 Å². The second kappa shape index (κ2) is 6.18. The van der Waals surface area contributed by atoms with Crippen LogP contribution in [0.2, 0.25) is 0 Å². The summed E-state index contributed by atoms with van der Waals surface area (Å²) in [6.07, 6.45) is 2.70. The van der Waals surface area contributed by atoms with Gasteiger partial charge >= 0.3 is 10.4 Å². The van der Waals surface area contributed by atoms with Crippen molar-refractivity contribution < 1.29 is 22.6 Å². The molecule has 1 aromatic rings. The molecule has 1 rings (SSSR count). The van der Waals surface area contributed by atoms with Crippen molar-refractivity contribution in [1.29, 1.82) is 0 Å². The van der Waals surface area contributed by atoms with Crippen molar-refractivity contribution in [2.75, 3.05) is 0 Å². The Labute approximate surface area is 88.3 Å². The van der Waals surface area contributed by atoms with E-state index in [0.29, 0.717) is 5.75 Å². The zero-order valence-electron chi connectivity index (χ0n) is 7.87. The van der Waals surface area contributed by atoms with E-state index in [2.05, 4.69) is 6.58 Å². The van der Waals surface area contributed by atoms with Gasteiger partial charge in [0.25, 0.3) is 0 Å². The zero-order valence-corrected chi connectivity index (χ0v) is 8.68. The SMILES string of the molecule is C=CCc1ccc(O)cc1.O=S(=O)(O)O. The lowest BCUT2D eigenvalue weighted by molar-refractivity contribution is 0.381. The molecule has 84 valence electrons. The third-order valence-corrected chi connectivity index (χ3v) is 1.32. The van der Waals surface area contributed by atoms with E-state index >= 15 is 0 Å². The van der Waals surface area contributed by atoms with E-state index < -0.39 is 10.4 Å². The van der Waals surface area contributed by atoms with Crippen LogP contribution < -0.4 is 0 Å². The first-order valence-electron chi connectivity index (χ1n) is 3.91. The van der Waals surface area contributed by atoms with Crippen molar-refractivity contribution >= 4 is 10.4 Å². The number of hydrogen-bond donors (Lipinski definition) is 3. The molecule has 0 spiro atoms. The molecule has 0 heterocycles. The number of rotatable bonds is 2. The van der Waals surface area contributed by atoms with Crippen molar-refractivity contribution in [2.24, 2.45) is 0 Å². The van der Waals surface area contributed by atoms with Gasteiger partial charge in [-0.15, -0.1) is 6.58 Å². The van der Waals surface area contributed by atoms with Gasteiger partial charge in [-0.3, -0.25) is 9.11 Å². The predicted molar refractivity (Wildman–Crippen MR) is 56.2 cm³/mol. The number of hydrogen-bond acceptors (Lipinski definition) is 3. The van der Waals surface area contributed by atoms with Gasteiger partial charge in [-0.2, -0.15) is 8.42 Å². The second-order valence-electron chi connectivity index (χ2n) is 2.61. The van der Waals surface area contributed by atoms with Gasteiger partial charge in [-0.25, -0.2) is 0 Å². The van der Waals surface area contributed by atoms with Gasteiger partial charge in [-0.05, 0) is 24.1 Å². The fraction of sp³-hybridized carbons (Fsp3) is 0.111. The summed E-state index contributed by atoms with van der Waals surface area (Å²) in [5.74, 6) is 0.313. The predicted octanol–water partition coefficient (Wildman–Crippen LogP) is 1.47. The highest BCUT2D eigenvalue weighted by atomic mass is 32.3. The van der Waals surface area contributed by atoms with Gasteiger partial charge in [0.1, 0.15) is 5.75 Å². The molecule has 0 amide bonds. The van der Waals surface area contributed by atoms with Crippen LogP contribution >= 0.6 is 0 Å². The van der Waals surface area contributed by atoms with Crippen LogP contribution in [-0.2, 0) is 16.8 Å². The summed E-state index contributed by atoms with van der Waals surface area (Å²) < 4.78 is 31.6. The lowest BCUT2D eigenvalue weighted by atomic mass is 10.1. The molecular formula is C9H12O5S. The third kappa shape index (κ3) is 10.6. The van der Waals surface area contributed by atoms with E-state index in [1.165, 1.54) is 5.56 Å². The van der Waals surface area contributed by atoms with Crippen molar-refractivity contribution in [3.8, 4) is 5.75 Å². The largest absolute Gasteiger partial charge is 0.508 e. The minimum atomic E-state index is -4.67. The first-order chi connectivity index (χ1) is 6.83. The van der Waals surface area contributed by atoms with E-state index in [9.17, 15) is 0 Å². The van der Waals surface area contributed by atoms with Crippen LogP contribution in [0, 0.1) is 0 Å². The number of aromatic hydroxyl groups is 1. The van der Waals surface area contributed by atoms with Gasteiger partial charge in [0.2, 0.25) is 0 Å². The van der Waals surface area contributed by atoms with Crippen molar-refractivity contribution in [2.45, 2.75) is 6.42 Å². The van der Waals surface area contributed by atoms with E-state index in [4.69, 9.17) is 22.6 Å². The molecule has 0 aromatic heterocycles. The molecule has 3 N–H and O–H groups in total. The highest BCUT2D eigenvalue weighted by Gasteiger charge is 1.88. The van der Waals surface area contributed by atoms with Gasteiger partial charge < -0.3 is 5.11 Å². The Morgan fingerprint density at radius 2 is 1.60 bits per heavy atom. The summed E-state index contributed by atoms with van der Waals surface area (Å²) in [5, 5.41) is 8.90. The maximum absolute atomic E-state index is 8.90. The Morgan fingerprint density at radius 1 is 1.20 bits per heavy atom.